The number of nitrogen functional groups attached to an aromatic ring is 1. The van der Waals surface area contributed by atoms with Crippen molar-refractivity contribution in [3.8, 4) is 0 Å². The molecule has 3 N–H and O–H groups in total. The standard InChI is InChI=1S/C14H18FN3O3/c1-9(14(20)18-4-6-21-7-5-18)17-13(19)11-8-10(16)2-3-12(11)15/h2-3,8-9H,4-7,16H2,1H3,(H,17,19). The van der Waals surface area contributed by atoms with Gasteiger partial charge in [-0.15, -0.1) is 0 Å². The lowest BCUT2D eigenvalue weighted by Crippen LogP contribution is -2.50. The number of nitrogens with one attached hydrogen (secondary N) is 1. The molecule has 1 atom stereocenters. The fourth-order valence-corrected chi connectivity index (χ4v) is 2.11. The average molecular weight is 295 g/mol. The number of amides is 2. The maximum Gasteiger partial charge on any atom is 0.254 e. The molecule has 0 spiro atoms. The number of anilines is 1. The van der Waals surface area contributed by atoms with Crippen LogP contribution in [0.25, 0.3) is 0 Å². The van der Waals surface area contributed by atoms with Crippen LogP contribution in [0.3, 0.4) is 0 Å². The van der Waals surface area contributed by atoms with E-state index in [1.807, 2.05) is 0 Å². The highest BCUT2D eigenvalue weighted by Crippen LogP contribution is 2.12. The minimum atomic E-state index is -0.739. The van der Waals surface area contributed by atoms with E-state index in [4.69, 9.17) is 10.5 Å². The summed E-state index contributed by atoms with van der Waals surface area (Å²) in [6.45, 7) is 3.52. The third kappa shape index (κ3) is 3.69. The molecule has 6 nitrogen and oxygen atoms in total. The molecule has 0 aromatic heterocycles. The summed E-state index contributed by atoms with van der Waals surface area (Å²) >= 11 is 0. The molecule has 1 aromatic rings. The van der Waals surface area contributed by atoms with Gasteiger partial charge in [0.15, 0.2) is 0 Å². The lowest BCUT2D eigenvalue weighted by molar-refractivity contribution is -0.136. The van der Waals surface area contributed by atoms with Crippen LogP contribution in [-0.4, -0.2) is 49.1 Å². The Labute approximate surface area is 122 Å². The lowest BCUT2D eigenvalue weighted by Gasteiger charge is -2.29. The topological polar surface area (TPSA) is 84.7 Å². The number of hydrogen-bond acceptors (Lipinski definition) is 4. The quantitative estimate of drug-likeness (QED) is 0.790. The van der Waals surface area contributed by atoms with Crippen molar-refractivity contribution in [1.82, 2.24) is 10.2 Å². The first-order valence-electron chi connectivity index (χ1n) is 6.71. The average Bonchev–Trinajstić information content (AvgIpc) is 2.49. The molecule has 114 valence electrons. The molecule has 21 heavy (non-hydrogen) atoms. The van der Waals surface area contributed by atoms with Crippen molar-refractivity contribution >= 4 is 17.5 Å². The minimum Gasteiger partial charge on any atom is -0.399 e. The van der Waals surface area contributed by atoms with Crippen LogP contribution in [0, 0.1) is 5.82 Å². The number of carbonyl (C=O) groups excluding carboxylic acids is 2. The second-order valence-corrected chi connectivity index (χ2v) is 4.87. The largest absolute Gasteiger partial charge is 0.399 e. The van der Waals surface area contributed by atoms with Gasteiger partial charge in [-0.25, -0.2) is 4.39 Å². The van der Waals surface area contributed by atoms with Crippen LogP contribution in [0.4, 0.5) is 10.1 Å². The van der Waals surface area contributed by atoms with Gasteiger partial charge in [-0.2, -0.15) is 0 Å². The van der Waals surface area contributed by atoms with Gasteiger partial charge in [-0.3, -0.25) is 9.59 Å². The van der Waals surface area contributed by atoms with E-state index in [2.05, 4.69) is 5.32 Å². The highest BCUT2D eigenvalue weighted by atomic mass is 19.1. The first-order chi connectivity index (χ1) is 9.99. The van der Waals surface area contributed by atoms with E-state index in [0.717, 1.165) is 6.07 Å². The van der Waals surface area contributed by atoms with Gasteiger partial charge in [0.05, 0.1) is 18.8 Å². The Balaban J connectivity index is 2.01. The Hall–Kier alpha value is -2.15. The van der Waals surface area contributed by atoms with Crippen molar-refractivity contribution < 1.29 is 18.7 Å². The number of hydrogen-bond donors (Lipinski definition) is 2. The van der Waals surface area contributed by atoms with E-state index >= 15 is 0 Å². The van der Waals surface area contributed by atoms with E-state index in [-0.39, 0.29) is 17.2 Å². The minimum absolute atomic E-state index is 0.170. The van der Waals surface area contributed by atoms with Crippen molar-refractivity contribution in [2.24, 2.45) is 0 Å². The van der Waals surface area contributed by atoms with Crippen LogP contribution in [0.5, 0.6) is 0 Å². The summed E-state index contributed by atoms with van der Waals surface area (Å²) in [6, 6.07) is 3.00. The number of rotatable bonds is 3. The summed E-state index contributed by atoms with van der Waals surface area (Å²) in [5.74, 6) is -1.54. The van der Waals surface area contributed by atoms with Gasteiger partial charge in [0.2, 0.25) is 5.91 Å². The summed E-state index contributed by atoms with van der Waals surface area (Å²) in [5.41, 5.74) is 5.65. The molecule has 1 aromatic carbocycles. The molecule has 2 amide bonds. The third-order valence-corrected chi connectivity index (χ3v) is 3.28. The summed E-state index contributed by atoms with van der Waals surface area (Å²) < 4.78 is 18.8. The number of morpholine rings is 1. The van der Waals surface area contributed by atoms with Crippen LogP contribution >= 0.6 is 0 Å². The molecular formula is C14H18FN3O3. The van der Waals surface area contributed by atoms with E-state index in [0.29, 0.717) is 26.3 Å². The first kappa shape index (κ1) is 15.2. The number of ether oxygens (including phenoxy) is 1. The highest BCUT2D eigenvalue weighted by molar-refractivity contribution is 5.98. The number of nitrogens with two attached hydrogens (primary N) is 1. The Bertz CT molecular complexity index is 544. The van der Waals surface area contributed by atoms with Crippen LogP contribution in [0.2, 0.25) is 0 Å². The molecule has 0 saturated carbocycles. The van der Waals surface area contributed by atoms with Crippen molar-refractivity contribution in [3.63, 3.8) is 0 Å². The summed E-state index contributed by atoms with van der Waals surface area (Å²) in [7, 11) is 0. The molecule has 1 heterocycles. The Morgan fingerprint density at radius 2 is 2.05 bits per heavy atom. The normalized spacial score (nSPS) is 16.4. The predicted octanol–water partition coefficient (Wildman–Crippen LogP) is 0.385. The third-order valence-electron chi connectivity index (χ3n) is 3.28. The van der Waals surface area contributed by atoms with Gasteiger partial charge < -0.3 is 20.7 Å². The Morgan fingerprint density at radius 1 is 1.38 bits per heavy atom. The number of halogens is 1. The maximum atomic E-state index is 13.6. The summed E-state index contributed by atoms with van der Waals surface area (Å²) in [6.07, 6.45) is 0. The zero-order chi connectivity index (χ0) is 15.4. The molecule has 0 bridgehead atoms. The van der Waals surface area contributed by atoms with E-state index in [9.17, 15) is 14.0 Å². The van der Waals surface area contributed by atoms with Gasteiger partial charge in [0.25, 0.3) is 5.91 Å². The summed E-state index contributed by atoms with van der Waals surface area (Å²) in [5, 5.41) is 2.49. The second kappa shape index (κ2) is 6.53. The molecule has 7 heteroatoms. The van der Waals surface area contributed by atoms with E-state index in [1.165, 1.54) is 12.1 Å². The zero-order valence-electron chi connectivity index (χ0n) is 11.8. The Kier molecular flexibility index (Phi) is 4.74. The first-order valence-corrected chi connectivity index (χ1v) is 6.71. The molecular weight excluding hydrogens is 277 g/mol. The van der Waals surface area contributed by atoms with Gasteiger partial charge in [0.1, 0.15) is 11.9 Å². The number of benzene rings is 1. The van der Waals surface area contributed by atoms with E-state index in [1.54, 1.807) is 11.8 Å². The smallest absolute Gasteiger partial charge is 0.254 e. The molecule has 1 aliphatic rings. The zero-order valence-corrected chi connectivity index (χ0v) is 11.8. The van der Waals surface area contributed by atoms with Crippen molar-refractivity contribution in [2.75, 3.05) is 32.0 Å². The SMILES string of the molecule is CC(NC(=O)c1cc(N)ccc1F)C(=O)N1CCOCC1. The molecule has 0 radical (unpaired) electrons. The van der Waals surface area contributed by atoms with Crippen molar-refractivity contribution in [3.05, 3.63) is 29.6 Å². The molecule has 1 unspecified atom stereocenters. The molecule has 2 rings (SSSR count). The molecule has 1 aliphatic heterocycles. The van der Waals surface area contributed by atoms with Gasteiger partial charge in [-0.1, -0.05) is 0 Å². The van der Waals surface area contributed by atoms with Gasteiger partial charge in [-0.05, 0) is 25.1 Å². The number of carbonyl (C=O) groups is 2. The van der Waals surface area contributed by atoms with Crippen molar-refractivity contribution in [1.29, 1.82) is 0 Å². The second-order valence-electron chi connectivity index (χ2n) is 4.87. The predicted molar refractivity (Wildman–Crippen MR) is 75.1 cm³/mol. The lowest BCUT2D eigenvalue weighted by atomic mass is 10.1. The van der Waals surface area contributed by atoms with Crippen LogP contribution in [0.1, 0.15) is 17.3 Å². The fourth-order valence-electron chi connectivity index (χ4n) is 2.11. The summed E-state index contributed by atoms with van der Waals surface area (Å²) in [4.78, 5) is 25.8. The molecule has 1 fully saturated rings. The fraction of sp³-hybridized carbons (Fsp3) is 0.429. The number of nitrogens with zero attached hydrogens (tertiary/aromatic N) is 1. The monoisotopic (exact) mass is 295 g/mol. The molecule has 0 aliphatic carbocycles. The highest BCUT2D eigenvalue weighted by Gasteiger charge is 2.24. The maximum absolute atomic E-state index is 13.6. The van der Waals surface area contributed by atoms with E-state index < -0.39 is 17.8 Å². The van der Waals surface area contributed by atoms with Crippen molar-refractivity contribution in [2.45, 2.75) is 13.0 Å². The van der Waals surface area contributed by atoms with Crippen LogP contribution in [0.15, 0.2) is 18.2 Å². The van der Waals surface area contributed by atoms with Gasteiger partial charge in [0, 0.05) is 18.8 Å². The van der Waals surface area contributed by atoms with Crippen LogP contribution in [-0.2, 0) is 9.53 Å². The molecule has 1 saturated heterocycles. The van der Waals surface area contributed by atoms with Gasteiger partial charge >= 0.3 is 0 Å². The Morgan fingerprint density at radius 3 is 2.71 bits per heavy atom. The van der Waals surface area contributed by atoms with Crippen LogP contribution < -0.4 is 11.1 Å².